The summed E-state index contributed by atoms with van der Waals surface area (Å²) in [5.74, 6) is -0.254. The predicted molar refractivity (Wildman–Crippen MR) is 123 cm³/mol. The third-order valence-electron chi connectivity index (χ3n) is 4.59. The molecule has 0 aliphatic rings. The average Bonchev–Trinajstić information content (AvgIpc) is 2.73. The summed E-state index contributed by atoms with van der Waals surface area (Å²) in [6.45, 7) is 13.8. The second-order valence-electron chi connectivity index (χ2n) is 7.44. The Balaban J connectivity index is 4.79. The molecule has 10 heteroatoms. The molecule has 0 fully saturated rings. The van der Waals surface area contributed by atoms with Gasteiger partial charge in [0.2, 0.25) is 0 Å². The minimum absolute atomic E-state index is 0.127. The maximum atomic E-state index is 9.63. The molecule has 0 radical (unpaired) electrons. The van der Waals surface area contributed by atoms with Crippen LogP contribution in [0.3, 0.4) is 0 Å². The monoisotopic (exact) mass is 456 g/mol. The van der Waals surface area contributed by atoms with Crippen molar-refractivity contribution in [3.63, 3.8) is 0 Å². The molecule has 30 heavy (non-hydrogen) atoms. The lowest BCUT2D eigenvalue weighted by Gasteiger charge is -2.22. The highest BCUT2D eigenvalue weighted by Gasteiger charge is 2.29. The van der Waals surface area contributed by atoms with Crippen LogP contribution in [0, 0.1) is 22.7 Å². The van der Waals surface area contributed by atoms with Crippen LogP contribution in [0.5, 0.6) is 0 Å². The van der Waals surface area contributed by atoms with E-state index in [1.807, 2.05) is 27.7 Å². The van der Waals surface area contributed by atoms with Crippen molar-refractivity contribution in [3.8, 4) is 12.1 Å². The highest BCUT2D eigenvalue weighted by molar-refractivity contribution is 6.36. The van der Waals surface area contributed by atoms with Gasteiger partial charge in [-0.15, -0.1) is 0 Å². The van der Waals surface area contributed by atoms with Crippen molar-refractivity contribution in [2.45, 2.75) is 89.4 Å². The van der Waals surface area contributed by atoms with E-state index in [-0.39, 0.29) is 11.8 Å². The van der Waals surface area contributed by atoms with Gasteiger partial charge in [-0.05, 0) is 54.4 Å². The van der Waals surface area contributed by atoms with Gasteiger partial charge in [-0.2, -0.15) is 20.8 Å². The van der Waals surface area contributed by atoms with Crippen LogP contribution in [0.4, 0.5) is 0 Å². The normalized spacial score (nSPS) is 16.6. The maximum Gasteiger partial charge on any atom is 0.164 e. The molecule has 8 nitrogen and oxygen atoms in total. The Morgan fingerprint density at radius 3 is 1.23 bits per heavy atom. The summed E-state index contributed by atoms with van der Waals surface area (Å²) >= 11 is 0. The van der Waals surface area contributed by atoms with Crippen molar-refractivity contribution in [2.24, 2.45) is 10.2 Å². The van der Waals surface area contributed by atoms with E-state index in [4.69, 9.17) is 18.9 Å². The average molecular weight is 457 g/mol. The molecule has 0 N–H and O–H groups in total. The van der Waals surface area contributed by atoms with Crippen LogP contribution in [-0.4, -0.2) is 68.4 Å². The molecule has 2 unspecified atom stereocenters. The molecule has 172 valence electrons. The van der Waals surface area contributed by atoms with E-state index in [0.29, 0.717) is 39.3 Å². The van der Waals surface area contributed by atoms with Crippen molar-refractivity contribution < 1.29 is 18.9 Å². The molecule has 0 aliphatic heterocycles. The number of ether oxygens (including phenoxy) is 4. The van der Waals surface area contributed by atoms with Crippen molar-refractivity contribution in [1.82, 2.24) is 0 Å². The van der Waals surface area contributed by atoms with Crippen molar-refractivity contribution in [3.05, 3.63) is 0 Å². The molecule has 0 saturated heterocycles. The zero-order valence-corrected chi connectivity index (χ0v) is 22.5. The predicted octanol–water partition coefficient (Wildman–Crippen LogP) is 2.67. The third kappa shape index (κ3) is 12.5. The van der Waals surface area contributed by atoms with Gasteiger partial charge in [0, 0.05) is 26.4 Å². The van der Waals surface area contributed by atoms with Crippen LogP contribution in [0.2, 0.25) is 12.1 Å². The lowest BCUT2D eigenvalue weighted by Crippen LogP contribution is -2.29. The quantitative estimate of drug-likeness (QED) is 0.178. The summed E-state index contributed by atoms with van der Waals surface area (Å²) in [5, 5.41) is 27.9. The van der Waals surface area contributed by atoms with E-state index in [2.05, 4.69) is 22.4 Å². The number of nitriles is 2. The summed E-state index contributed by atoms with van der Waals surface area (Å²) in [6.07, 6.45) is 1.17. The van der Waals surface area contributed by atoms with Gasteiger partial charge in [-0.3, -0.25) is 0 Å². The number of nitrogens with zero attached hydrogens (tertiary/aromatic N) is 4. The van der Waals surface area contributed by atoms with Crippen LogP contribution < -0.4 is 0 Å². The Labute approximate surface area is 187 Å². The largest absolute Gasteiger partial charge is 0.357 e. The van der Waals surface area contributed by atoms with E-state index in [9.17, 15) is 10.5 Å². The molecule has 0 aromatic heterocycles. The first-order valence-electron chi connectivity index (χ1n) is 11.0. The Morgan fingerprint density at radius 2 is 1.00 bits per heavy atom. The second-order valence-corrected chi connectivity index (χ2v) is 11.3. The fourth-order valence-electron chi connectivity index (χ4n) is 2.88. The molecule has 0 aliphatic carbocycles. The standard InChI is InChI=1S/C20H40N4O4Si2/c1-7-25-17(26-8-2)29-13-11-19(5,15-21)23-24-20(6,16-22)12-14-30-18(27-9-3)28-10-4/h17-18H,7-14,29-30H2,1-6H3. The number of hydrogen-bond acceptors (Lipinski definition) is 8. The van der Waals surface area contributed by atoms with Crippen molar-refractivity contribution >= 4 is 19.0 Å². The van der Waals surface area contributed by atoms with Crippen molar-refractivity contribution in [1.29, 1.82) is 10.5 Å². The lowest BCUT2D eigenvalue weighted by molar-refractivity contribution is -0.0830. The zero-order chi connectivity index (χ0) is 22.9. The molecule has 0 saturated carbocycles. The van der Waals surface area contributed by atoms with Gasteiger partial charge >= 0.3 is 0 Å². The van der Waals surface area contributed by atoms with E-state index < -0.39 is 30.1 Å². The SMILES string of the molecule is CCOC(OCC)[SiH2]CCC(C)(C#N)N=NC(C)(C#N)CC[SiH2]C(OCC)OCC. The first-order chi connectivity index (χ1) is 14.3. The van der Waals surface area contributed by atoms with Crippen LogP contribution in [-0.2, 0) is 18.9 Å². The summed E-state index contributed by atoms with van der Waals surface area (Å²) in [6, 6.07) is 6.23. The van der Waals surface area contributed by atoms with Gasteiger partial charge in [-0.1, -0.05) is 12.1 Å². The van der Waals surface area contributed by atoms with Gasteiger partial charge in [-0.25, -0.2) is 0 Å². The van der Waals surface area contributed by atoms with Gasteiger partial charge in [0.15, 0.2) is 11.1 Å². The number of azo groups is 1. The molecule has 0 bridgehead atoms. The smallest absolute Gasteiger partial charge is 0.164 e. The highest BCUT2D eigenvalue weighted by atomic mass is 28.2. The summed E-state index contributed by atoms with van der Waals surface area (Å²) < 4.78 is 22.4. The third-order valence-corrected chi connectivity index (χ3v) is 8.00. The molecule has 0 heterocycles. The van der Waals surface area contributed by atoms with Gasteiger partial charge < -0.3 is 18.9 Å². The first-order valence-corrected chi connectivity index (χ1v) is 14.7. The van der Waals surface area contributed by atoms with Gasteiger partial charge in [0.25, 0.3) is 0 Å². The van der Waals surface area contributed by atoms with E-state index in [1.165, 1.54) is 0 Å². The molecule has 0 spiro atoms. The van der Waals surface area contributed by atoms with E-state index in [1.54, 1.807) is 13.8 Å². The number of rotatable bonds is 18. The van der Waals surface area contributed by atoms with Crippen LogP contribution in [0.25, 0.3) is 0 Å². The molecule has 0 rings (SSSR count). The Kier molecular flexibility index (Phi) is 15.9. The molecular formula is C20H40N4O4Si2. The Morgan fingerprint density at radius 1 is 0.700 bits per heavy atom. The first kappa shape index (κ1) is 28.9. The fourth-order valence-corrected chi connectivity index (χ4v) is 6.94. The molecule has 0 amide bonds. The van der Waals surface area contributed by atoms with Gasteiger partial charge in [0.05, 0.1) is 31.2 Å². The summed E-state index contributed by atoms with van der Waals surface area (Å²) in [5.41, 5.74) is -1.88. The van der Waals surface area contributed by atoms with Crippen LogP contribution >= 0.6 is 0 Å². The summed E-state index contributed by atoms with van der Waals surface area (Å²) in [7, 11) is -1.32. The zero-order valence-electron chi connectivity index (χ0n) is 19.6. The Bertz CT molecular complexity index is 510. The molecular weight excluding hydrogens is 416 g/mol. The minimum atomic E-state index is -0.940. The molecule has 2 atom stereocenters. The van der Waals surface area contributed by atoms with Crippen molar-refractivity contribution in [2.75, 3.05) is 26.4 Å². The van der Waals surface area contributed by atoms with E-state index in [0.717, 1.165) is 12.1 Å². The highest BCUT2D eigenvalue weighted by Crippen LogP contribution is 2.24. The maximum absolute atomic E-state index is 9.63. The van der Waals surface area contributed by atoms with E-state index >= 15 is 0 Å². The molecule has 0 aromatic rings. The second kappa shape index (κ2) is 16.5. The topological polar surface area (TPSA) is 109 Å². The van der Waals surface area contributed by atoms with Crippen LogP contribution in [0.15, 0.2) is 10.2 Å². The number of hydrogen-bond donors (Lipinski definition) is 0. The fraction of sp³-hybridized carbons (Fsp3) is 0.900. The molecule has 0 aromatic carbocycles. The van der Waals surface area contributed by atoms with Gasteiger partial charge in [0.1, 0.15) is 11.8 Å². The minimum Gasteiger partial charge on any atom is -0.357 e. The van der Waals surface area contributed by atoms with Crippen LogP contribution in [0.1, 0.15) is 54.4 Å². The Hall–Kier alpha value is -1.15. The summed E-state index contributed by atoms with van der Waals surface area (Å²) in [4.78, 5) is 0. The lowest BCUT2D eigenvalue weighted by atomic mass is 10.0.